The summed E-state index contributed by atoms with van der Waals surface area (Å²) in [6, 6.07) is 10.8. The minimum absolute atomic E-state index is 0.243. The Labute approximate surface area is 220 Å². The molecule has 5 rings (SSSR count). The lowest BCUT2D eigenvalue weighted by Crippen LogP contribution is -2.32. The number of ether oxygens (including phenoxy) is 3. The number of para-hydroxylation sites is 1. The van der Waals surface area contributed by atoms with E-state index in [0.29, 0.717) is 55.8 Å². The van der Waals surface area contributed by atoms with E-state index < -0.39 is 11.5 Å². The first-order chi connectivity index (χ1) is 18.2. The fraction of sp³-hybridized carbons (Fsp3) is 0.192. The highest BCUT2D eigenvalue weighted by molar-refractivity contribution is 7.15. The number of nitrogens with zero attached hydrogens (tertiary/aromatic N) is 4. The zero-order chi connectivity index (χ0) is 27.6. The van der Waals surface area contributed by atoms with E-state index in [4.69, 9.17) is 24.1 Å². The summed E-state index contributed by atoms with van der Waals surface area (Å²) in [4.78, 5) is 42.1. The van der Waals surface area contributed by atoms with Gasteiger partial charge in [-0.1, -0.05) is 35.6 Å². The Bertz CT molecular complexity index is 1650. The van der Waals surface area contributed by atoms with Crippen molar-refractivity contribution in [3.8, 4) is 28.6 Å². The number of rotatable bonds is 6. The molecule has 2 aromatic carbocycles. The molecule has 1 N–H and O–H groups in total. The van der Waals surface area contributed by atoms with Crippen LogP contribution in [0.2, 0.25) is 0 Å². The van der Waals surface area contributed by atoms with Crippen molar-refractivity contribution >= 4 is 39.4 Å². The maximum absolute atomic E-state index is 13.3. The molecule has 0 aliphatic carbocycles. The van der Waals surface area contributed by atoms with Gasteiger partial charge in [0.2, 0.25) is 10.7 Å². The van der Waals surface area contributed by atoms with E-state index in [9.17, 15) is 9.59 Å². The second kappa shape index (κ2) is 10.7. The Kier molecular flexibility index (Phi) is 7.44. The van der Waals surface area contributed by atoms with Crippen LogP contribution < -0.4 is 29.2 Å². The molecule has 3 heterocycles. The Morgan fingerprint density at radius 3 is 2.29 bits per heavy atom. The molecule has 0 atom stereocenters. The smallest absolute Gasteiger partial charge is 0.300 e. The zero-order valence-electron chi connectivity index (χ0n) is 21.0. The van der Waals surface area contributed by atoms with Crippen LogP contribution in [0.15, 0.2) is 53.8 Å². The van der Waals surface area contributed by atoms with Crippen LogP contribution in [-0.2, 0) is 9.59 Å². The standard InChI is InChI=1S/C24H20N4O5S.C2H4O2/c1-5-10-27-15-9-7-6-8-14(15)18(22(27)29)20-23(30)28-24(34-20)25-21(26-28)13-11-16(31-2)19(33-4)17(12-13)32-3;1-2(3)4/h5-9,11-12H,1,10H2,2-4H3;1H3,(H,3,4). The summed E-state index contributed by atoms with van der Waals surface area (Å²) in [5.74, 6) is 0.590. The molecular weight excluding hydrogens is 512 g/mol. The van der Waals surface area contributed by atoms with Crippen molar-refractivity contribution < 1.29 is 28.9 Å². The van der Waals surface area contributed by atoms with E-state index in [0.717, 1.165) is 23.9 Å². The fourth-order valence-corrected chi connectivity index (χ4v) is 5.03. The van der Waals surface area contributed by atoms with Gasteiger partial charge in [-0.2, -0.15) is 9.50 Å². The van der Waals surface area contributed by atoms with Crippen molar-refractivity contribution in [1.29, 1.82) is 0 Å². The van der Waals surface area contributed by atoms with Crippen LogP contribution in [0.4, 0.5) is 5.69 Å². The molecule has 2 aromatic heterocycles. The lowest BCUT2D eigenvalue weighted by Gasteiger charge is -2.13. The van der Waals surface area contributed by atoms with Crippen molar-refractivity contribution in [3.63, 3.8) is 0 Å². The predicted octanol–water partition coefficient (Wildman–Crippen LogP) is 2.39. The molecule has 12 heteroatoms. The SMILES string of the molecule is C=CCN1C(=O)C(=c2sc3nc(-c4cc(OC)c(OC)c(OC)c4)nn3c2=O)c2ccccc21.CC(=O)O. The third-order valence-corrected chi connectivity index (χ3v) is 6.57. The molecule has 0 fully saturated rings. The van der Waals surface area contributed by atoms with Gasteiger partial charge in [0.15, 0.2) is 17.3 Å². The highest BCUT2D eigenvalue weighted by atomic mass is 32.1. The Morgan fingerprint density at radius 2 is 1.74 bits per heavy atom. The monoisotopic (exact) mass is 536 g/mol. The van der Waals surface area contributed by atoms with E-state index in [-0.39, 0.29) is 5.91 Å². The highest BCUT2D eigenvalue weighted by Gasteiger charge is 2.33. The lowest BCUT2D eigenvalue weighted by atomic mass is 10.1. The van der Waals surface area contributed by atoms with Gasteiger partial charge in [0, 0.05) is 24.6 Å². The Balaban J connectivity index is 0.000000786. The molecule has 0 unspecified atom stereocenters. The van der Waals surface area contributed by atoms with Crippen LogP contribution in [0, 0.1) is 0 Å². The van der Waals surface area contributed by atoms with Gasteiger partial charge >= 0.3 is 0 Å². The minimum Gasteiger partial charge on any atom is -0.493 e. The highest BCUT2D eigenvalue weighted by Crippen LogP contribution is 2.40. The van der Waals surface area contributed by atoms with Gasteiger partial charge in [-0.25, -0.2) is 0 Å². The molecule has 0 bridgehead atoms. The van der Waals surface area contributed by atoms with Crippen LogP contribution in [0.25, 0.3) is 21.9 Å². The molecule has 1 amide bonds. The summed E-state index contributed by atoms with van der Waals surface area (Å²) in [5.41, 5.74) is 2.01. The van der Waals surface area contributed by atoms with Crippen LogP contribution in [0.3, 0.4) is 0 Å². The number of carbonyl (C=O) groups excluding carboxylic acids is 1. The lowest BCUT2D eigenvalue weighted by molar-refractivity contribution is -0.134. The molecular formula is C26H24N4O7S. The quantitative estimate of drug-likeness (QED) is 0.369. The summed E-state index contributed by atoms with van der Waals surface area (Å²) < 4.78 is 17.7. The number of thiazole rings is 1. The molecule has 0 spiro atoms. The van der Waals surface area contributed by atoms with Crippen LogP contribution in [-0.4, -0.2) is 59.5 Å². The largest absolute Gasteiger partial charge is 0.493 e. The predicted molar refractivity (Wildman–Crippen MR) is 142 cm³/mol. The summed E-state index contributed by atoms with van der Waals surface area (Å²) in [6.07, 6.45) is 1.65. The van der Waals surface area contributed by atoms with Gasteiger partial charge in [-0.05, 0) is 18.2 Å². The van der Waals surface area contributed by atoms with Crippen molar-refractivity contribution in [2.75, 3.05) is 32.8 Å². The zero-order valence-corrected chi connectivity index (χ0v) is 21.9. The summed E-state index contributed by atoms with van der Waals surface area (Å²) in [7, 11) is 4.56. The van der Waals surface area contributed by atoms with Crippen molar-refractivity contribution in [1.82, 2.24) is 14.6 Å². The summed E-state index contributed by atoms with van der Waals surface area (Å²) in [5, 5.41) is 11.8. The molecule has 38 heavy (non-hydrogen) atoms. The minimum atomic E-state index is -0.833. The van der Waals surface area contributed by atoms with E-state index >= 15 is 0 Å². The number of methoxy groups -OCH3 is 3. The number of aliphatic carboxylic acids is 1. The fourth-order valence-electron chi connectivity index (χ4n) is 4.03. The number of anilines is 1. The molecule has 11 nitrogen and oxygen atoms in total. The first-order valence-electron chi connectivity index (χ1n) is 11.2. The maximum atomic E-state index is 13.3. The van der Waals surface area contributed by atoms with Crippen LogP contribution in [0.1, 0.15) is 12.5 Å². The molecule has 0 saturated carbocycles. The number of carboxylic acid groups (broad SMARTS) is 1. The van der Waals surface area contributed by atoms with Gasteiger partial charge in [0.05, 0.1) is 32.6 Å². The van der Waals surface area contributed by atoms with Crippen molar-refractivity contribution in [2.45, 2.75) is 6.92 Å². The maximum Gasteiger partial charge on any atom is 0.300 e. The molecule has 0 saturated heterocycles. The molecule has 4 aromatic rings. The van der Waals surface area contributed by atoms with E-state index in [1.807, 2.05) is 24.3 Å². The first-order valence-corrected chi connectivity index (χ1v) is 12.0. The van der Waals surface area contributed by atoms with Gasteiger partial charge < -0.3 is 24.2 Å². The normalized spacial score (nSPS) is 13.6. The average molecular weight is 537 g/mol. The summed E-state index contributed by atoms with van der Waals surface area (Å²) in [6.45, 7) is 5.17. The number of carbonyl (C=O) groups is 2. The van der Waals surface area contributed by atoms with Crippen LogP contribution >= 0.6 is 11.3 Å². The Morgan fingerprint density at radius 1 is 1.11 bits per heavy atom. The van der Waals surface area contributed by atoms with Crippen molar-refractivity contribution in [2.24, 2.45) is 0 Å². The number of carboxylic acids is 1. The third kappa shape index (κ3) is 4.57. The van der Waals surface area contributed by atoms with Gasteiger partial charge in [0.25, 0.3) is 17.4 Å². The van der Waals surface area contributed by atoms with E-state index in [2.05, 4.69) is 16.7 Å². The Hall–Kier alpha value is -4.71. The van der Waals surface area contributed by atoms with Gasteiger partial charge in [0.1, 0.15) is 4.53 Å². The van der Waals surface area contributed by atoms with Gasteiger partial charge in [-0.3, -0.25) is 14.4 Å². The molecule has 1 aliphatic heterocycles. The summed E-state index contributed by atoms with van der Waals surface area (Å²) >= 11 is 1.13. The number of hydrogen-bond acceptors (Lipinski definition) is 9. The number of hydrogen-bond donors (Lipinski definition) is 1. The number of fused-ring (bicyclic) bond motifs is 2. The topological polar surface area (TPSA) is 133 Å². The van der Waals surface area contributed by atoms with E-state index in [1.165, 1.54) is 25.8 Å². The first kappa shape index (κ1) is 26.4. The number of aromatic nitrogens is 3. The van der Waals surface area contributed by atoms with Crippen molar-refractivity contribution in [3.05, 3.63) is 69.5 Å². The number of benzene rings is 2. The average Bonchev–Trinajstić information content (AvgIpc) is 3.54. The molecule has 196 valence electrons. The second-order valence-corrected chi connectivity index (χ2v) is 8.87. The molecule has 0 radical (unpaired) electrons. The molecule has 1 aliphatic rings. The van der Waals surface area contributed by atoms with Gasteiger partial charge in [-0.15, -0.1) is 11.7 Å². The second-order valence-electron chi connectivity index (χ2n) is 7.90. The third-order valence-electron chi connectivity index (χ3n) is 5.54. The van der Waals surface area contributed by atoms with Crippen LogP contribution in [0.5, 0.6) is 17.2 Å². The number of amides is 1. The van der Waals surface area contributed by atoms with E-state index in [1.54, 1.807) is 23.1 Å².